The topological polar surface area (TPSA) is 67.4 Å². The molecule has 8 heteroatoms. The number of carbonyl (C=O) groups excluding carboxylic acids is 2. The summed E-state index contributed by atoms with van der Waals surface area (Å²) >= 11 is 10.4. The van der Waals surface area contributed by atoms with Crippen molar-refractivity contribution in [2.45, 2.75) is 0 Å². The molecule has 0 aliphatic heterocycles. The van der Waals surface area contributed by atoms with Crippen molar-refractivity contribution in [1.82, 2.24) is 5.32 Å². The second kappa shape index (κ2) is 11.1. The Morgan fingerprint density at radius 2 is 1.81 bits per heavy atom. The van der Waals surface area contributed by atoms with Gasteiger partial charge in [0.15, 0.2) is 0 Å². The summed E-state index contributed by atoms with van der Waals surface area (Å²) in [6.45, 7) is 0.758. The zero-order valence-electron chi connectivity index (χ0n) is 13.8. The Morgan fingerprint density at radius 3 is 2.54 bits per heavy atom. The number of hydrogen-bond donors (Lipinski definition) is 2. The lowest BCUT2D eigenvalue weighted by atomic mass is 10.3. The maximum atomic E-state index is 11.8. The van der Waals surface area contributed by atoms with Crippen LogP contribution >= 0.6 is 39.3 Å². The average molecular weight is 458 g/mol. The standard InChI is InChI=1S/C18H18BrClN2O3S/c19-13-2-1-3-15(10-13)22-18(24)12-26-11-17(23)21-8-9-25-16-6-4-14(20)5-7-16/h1-7,10H,8-9,11-12H2,(H,21,23)(H,22,24). The maximum Gasteiger partial charge on any atom is 0.234 e. The van der Waals surface area contributed by atoms with Gasteiger partial charge in [0.25, 0.3) is 0 Å². The number of nitrogens with one attached hydrogen (secondary N) is 2. The molecule has 0 fully saturated rings. The molecule has 26 heavy (non-hydrogen) atoms. The minimum atomic E-state index is -0.146. The Morgan fingerprint density at radius 1 is 1.08 bits per heavy atom. The first-order valence-corrected chi connectivity index (χ1v) is 10.1. The van der Waals surface area contributed by atoms with Crippen LogP contribution in [0.2, 0.25) is 5.02 Å². The van der Waals surface area contributed by atoms with Gasteiger partial charge in [-0.05, 0) is 42.5 Å². The molecule has 0 radical (unpaired) electrons. The van der Waals surface area contributed by atoms with Crippen molar-refractivity contribution in [1.29, 1.82) is 0 Å². The van der Waals surface area contributed by atoms with E-state index < -0.39 is 0 Å². The number of carbonyl (C=O) groups is 2. The van der Waals surface area contributed by atoms with Crippen molar-refractivity contribution in [3.05, 3.63) is 58.0 Å². The van der Waals surface area contributed by atoms with Crippen molar-refractivity contribution in [2.75, 3.05) is 30.0 Å². The van der Waals surface area contributed by atoms with E-state index in [4.69, 9.17) is 16.3 Å². The zero-order valence-corrected chi connectivity index (χ0v) is 17.0. The Bertz CT molecular complexity index is 743. The number of benzene rings is 2. The average Bonchev–Trinajstić information content (AvgIpc) is 2.60. The summed E-state index contributed by atoms with van der Waals surface area (Å²) in [7, 11) is 0. The molecule has 0 saturated carbocycles. The summed E-state index contributed by atoms with van der Waals surface area (Å²) in [6, 6.07) is 14.4. The second-order valence-corrected chi connectivity index (χ2v) is 7.54. The summed E-state index contributed by atoms with van der Waals surface area (Å²) < 4.78 is 6.37. The Kier molecular flexibility index (Phi) is 8.80. The lowest BCUT2D eigenvalue weighted by Gasteiger charge is -2.08. The summed E-state index contributed by atoms with van der Waals surface area (Å²) in [5.41, 5.74) is 0.716. The van der Waals surface area contributed by atoms with Gasteiger partial charge in [0.05, 0.1) is 18.1 Å². The number of halogens is 2. The van der Waals surface area contributed by atoms with E-state index in [-0.39, 0.29) is 23.3 Å². The van der Waals surface area contributed by atoms with Gasteiger partial charge < -0.3 is 15.4 Å². The van der Waals surface area contributed by atoms with Crippen LogP contribution in [0.3, 0.4) is 0 Å². The van der Waals surface area contributed by atoms with E-state index in [0.717, 1.165) is 4.47 Å². The van der Waals surface area contributed by atoms with Crippen LogP contribution in [0.25, 0.3) is 0 Å². The van der Waals surface area contributed by atoms with Crippen molar-refractivity contribution >= 4 is 56.8 Å². The molecule has 0 bridgehead atoms. The molecule has 2 aromatic carbocycles. The van der Waals surface area contributed by atoms with E-state index in [2.05, 4.69) is 26.6 Å². The summed E-state index contributed by atoms with van der Waals surface area (Å²) in [4.78, 5) is 23.6. The first-order valence-electron chi connectivity index (χ1n) is 7.81. The van der Waals surface area contributed by atoms with Gasteiger partial charge in [-0.25, -0.2) is 0 Å². The second-order valence-electron chi connectivity index (χ2n) is 5.20. The fourth-order valence-corrected chi connectivity index (χ4v) is 3.11. The molecular weight excluding hydrogens is 440 g/mol. The van der Waals surface area contributed by atoms with Crippen LogP contribution in [0.15, 0.2) is 53.0 Å². The quantitative estimate of drug-likeness (QED) is 0.559. The highest BCUT2D eigenvalue weighted by Crippen LogP contribution is 2.16. The predicted molar refractivity (Wildman–Crippen MR) is 110 cm³/mol. The van der Waals surface area contributed by atoms with Crippen LogP contribution in [0.4, 0.5) is 5.69 Å². The third-order valence-electron chi connectivity index (χ3n) is 3.08. The van der Waals surface area contributed by atoms with Gasteiger partial charge in [0.2, 0.25) is 11.8 Å². The lowest BCUT2D eigenvalue weighted by Crippen LogP contribution is -2.30. The number of anilines is 1. The van der Waals surface area contributed by atoms with Crippen molar-refractivity contribution in [2.24, 2.45) is 0 Å². The Balaban J connectivity index is 1.55. The molecule has 0 atom stereocenters. The van der Waals surface area contributed by atoms with Gasteiger partial charge in [-0.2, -0.15) is 0 Å². The monoisotopic (exact) mass is 456 g/mol. The summed E-state index contributed by atoms with van der Waals surface area (Å²) in [5.74, 6) is 0.841. The molecule has 2 amide bonds. The van der Waals surface area contributed by atoms with Gasteiger partial charge in [-0.3, -0.25) is 9.59 Å². The van der Waals surface area contributed by atoms with Gasteiger partial charge in [-0.15, -0.1) is 11.8 Å². The van der Waals surface area contributed by atoms with Crippen LogP contribution in [0, 0.1) is 0 Å². The fraction of sp³-hybridized carbons (Fsp3) is 0.222. The number of rotatable bonds is 9. The molecule has 0 aromatic heterocycles. The number of thioether (sulfide) groups is 1. The molecule has 2 rings (SSSR count). The molecule has 0 unspecified atom stereocenters. The molecule has 0 aliphatic rings. The van der Waals surface area contributed by atoms with Crippen LogP contribution in [0.1, 0.15) is 0 Å². The van der Waals surface area contributed by atoms with Gasteiger partial charge in [0.1, 0.15) is 12.4 Å². The molecular formula is C18H18BrClN2O3S. The maximum absolute atomic E-state index is 11.8. The Hall–Kier alpha value is -1.70. The normalized spacial score (nSPS) is 10.2. The first kappa shape index (κ1) is 20.6. The minimum absolute atomic E-state index is 0.134. The van der Waals surface area contributed by atoms with E-state index in [0.29, 0.717) is 29.6 Å². The highest BCUT2D eigenvalue weighted by molar-refractivity contribution is 9.10. The highest BCUT2D eigenvalue weighted by atomic mass is 79.9. The molecule has 0 heterocycles. The molecule has 2 N–H and O–H groups in total. The van der Waals surface area contributed by atoms with Crippen molar-refractivity contribution < 1.29 is 14.3 Å². The van der Waals surface area contributed by atoms with E-state index in [1.54, 1.807) is 30.3 Å². The third-order valence-corrected chi connectivity index (χ3v) is 4.76. The summed E-state index contributed by atoms with van der Waals surface area (Å²) in [6.07, 6.45) is 0. The molecule has 5 nitrogen and oxygen atoms in total. The van der Waals surface area contributed by atoms with Crippen LogP contribution in [-0.4, -0.2) is 36.5 Å². The molecule has 0 spiro atoms. The number of ether oxygens (including phenoxy) is 1. The van der Waals surface area contributed by atoms with Crippen LogP contribution < -0.4 is 15.4 Å². The van der Waals surface area contributed by atoms with Crippen molar-refractivity contribution in [3.8, 4) is 5.75 Å². The van der Waals surface area contributed by atoms with Crippen LogP contribution in [0.5, 0.6) is 5.75 Å². The highest BCUT2D eigenvalue weighted by Gasteiger charge is 2.06. The largest absolute Gasteiger partial charge is 0.492 e. The molecule has 2 aromatic rings. The number of amides is 2. The Labute approximate surface area is 170 Å². The molecule has 0 aliphatic carbocycles. The van der Waals surface area contributed by atoms with E-state index in [1.807, 2.05) is 18.2 Å². The van der Waals surface area contributed by atoms with E-state index >= 15 is 0 Å². The SMILES string of the molecule is O=C(CSCC(=O)Nc1cccc(Br)c1)NCCOc1ccc(Cl)cc1. The van der Waals surface area contributed by atoms with Gasteiger partial charge in [0, 0.05) is 15.2 Å². The van der Waals surface area contributed by atoms with Gasteiger partial charge in [-0.1, -0.05) is 33.6 Å². The predicted octanol–water partition coefficient (Wildman–Crippen LogP) is 3.97. The third kappa shape index (κ3) is 8.12. The smallest absolute Gasteiger partial charge is 0.234 e. The summed E-state index contributed by atoms with van der Waals surface area (Å²) in [5, 5.41) is 6.17. The molecule has 138 valence electrons. The van der Waals surface area contributed by atoms with Crippen molar-refractivity contribution in [3.63, 3.8) is 0 Å². The van der Waals surface area contributed by atoms with E-state index in [1.165, 1.54) is 11.8 Å². The zero-order chi connectivity index (χ0) is 18.8. The van der Waals surface area contributed by atoms with Crippen LogP contribution in [-0.2, 0) is 9.59 Å². The molecule has 0 saturated heterocycles. The fourth-order valence-electron chi connectivity index (χ4n) is 1.94. The number of hydrogen-bond acceptors (Lipinski definition) is 4. The minimum Gasteiger partial charge on any atom is -0.492 e. The van der Waals surface area contributed by atoms with Gasteiger partial charge >= 0.3 is 0 Å². The van der Waals surface area contributed by atoms with E-state index in [9.17, 15) is 9.59 Å². The first-order chi connectivity index (χ1) is 12.5. The lowest BCUT2D eigenvalue weighted by molar-refractivity contribution is -0.118.